The molecule has 0 aliphatic heterocycles. The molecule has 0 saturated heterocycles. The Kier molecular flexibility index (Phi) is 6.97. The van der Waals surface area contributed by atoms with E-state index in [4.69, 9.17) is 14.2 Å². The minimum atomic E-state index is -0.519. The van der Waals surface area contributed by atoms with E-state index in [-0.39, 0.29) is 5.78 Å². The van der Waals surface area contributed by atoms with Crippen molar-refractivity contribution in [1.82, 2.24) is 0 Å². The minimum absolute atomic E-state index is 0.115. The summed E-state index contributed by atoms with van der Waals surface area (Å²) >= 11 is 0. The number of carbonyl (C=O) groups excluding carboxylic acids is 3. The number of methoxy groups -OCH3 is 3. The monoisotopic (exact) mass is 386 g/mol. The standard InChI is InChI=1S/C20H22N2O6/c1-12(23)13-6-5-7-14(8-13)21-18(24)11-19(25)22-15-9-16(26-2)20(28-4)17(10-15)27-3/h5-10H,11H2,1-4H3,(H,21,24)(H,22,25). The van der Waals surface area contributed by atoms with Gasteiger partial charge in [-0.05, 0) is 19.1 Å². The molecule has 2 aromatic rings. The van der Waals surface area contributed by atoms with E-state index >= 15 is 0 Å². The number of amides is 2. The molecule has 0 heterocycles. The molecule has 0 fully saturated rings. The number of ether oxygens (including phenoxy) is 3. The van der Waals surface area contributed by atoms with Gasteiger partial charge in [0.05, 0.1) is 21.3 Å². The van der Waals surface area contributed by atoms with Crippen LogP contribution in [0.2, 0.25) is 0 Å². The molecule has 0 atom stereocenters. The van der Waals surface area contributed by atoms with Gasteiger partial charge >= 0.3 is 0 Å². The van der Waals surface area contributed by atoms with E-state index in [1.165, 1.54) is 28.3 Å². The highest BCUT2D eigenvalue weighted by molar-refractivity contribution is 6.08. The van der Waals surface area contributed by atoms with Crippen molar-refractivity contribution in [2.75, 3.05) is 32.0 Å². The summed E-state index contributed by atoms with van der Waals surface area (Å²) in [5, 5.41) is 5.22. The molecule has 0 aromatic heterocycles. The molecular weight excluding hydrogens is 364 g/mol. The van der Waals surface area contributed by atoms with Crippen molar-refractivity contribution in [3.05, 3.63) is 42.0 Å². The van der Waals surface area contributed by atoms with E-state index in [0.29, 0.717) is 34.2 Å². The van der Waals surface area contributed by atoms with Crippen LogP contribution in [0.5, 0.6) is 17.2 Å². The lowest BCUT2D eigenvalue weighted by atomic mass is 10.1. The Labute approximate surface area is 162 Å². The first kappa shape index (κ1) is 20.8. The largest absolute Gasteiger partial charge is 0.493 e. The van der Waals surface area contributed by atoms with Crippen molar-refractivity contribution in [2.24, 2.45) is 0 Å². The average Bonchev–Trinajstić information content (AvgIpc) is 2.66. The SMILES string of the molecule is COc1cc(NC(=O)CC(=O)Nc2cccc(C(C)=O)c2)cc(OC)c1OC. The molecule has 0 radical (unpaired) electrons. The molecule has 2 amide bonds. The Morgan fingerprint density at radius 1 is 0.821 bits per heavy atom. The summed E-state index contributed by atoms with van der Waals surface area (Å²) in [6.07, 6.45) is -0.402. The Balaban J connectivity index is 2.04. The summed E-state index contributed by atoms with van der Waals surface area (Å²) in [6.45, 7) is 1.44. The van der Waals surface area contributed by atoms with Crippen LogP contribution in [0, 0.1) is 0 Å². The molecule has 148 valence electrons. The smallest absolute Gasteiger partial charge is 0.233 e. The van der Waals surface area contributed by atoms with Gasteiger partial charge in [-0.1, -0.05) is 12.1 Å². The fraction of sp³-hybridized carbons (Fsp3) is 0.250. The zero-order valence-electron chi connectivity index (χ0n) is 16.1. The second kappa shape index (κ2) is 9.40. The van der Waals surface area contributed by atoms with Crippen LogP contribution in [0.3, 0.4) is 0 Å². The molecule has 28 heavy (non-hydrogen) atoms. The van der Waals surface area contributed by atoms with Gasteiger partial charge in [-0.3, -0.25) is 14.4 Å². The van der Waals surface area contributed by atoms with Crippen molar-refractivity contribution < 1.29 is 28.6 Å². The molecule has 0 saturated carbocycles. The fourth-order valence-electron chi connectivity index (χ4n) is 2.53. The van der Waals surface area contributed by atoms with E-state index in [0.717, 1.165) is 0 Å². The number of hydrogen-bond donors (Lipinski definition) is 2. The van der Waals surface area contributed by atoms with Crippen LogP contribution in [0.25, 0.3) is 0 Å². The fourth-order valence-corrected chi connectivity index (χ4v) is 2.53. The van der Waals surface area contributed by atoms with Crippen molar-refractivity contribution in [3.63, 3.8) is 0 Å². The third-order valence-electron chi connectivity index (χ3n) is 3.82. The minimum Gasteiger partial charge on any atom is -0.493 e. The number of ketones is 1. The van der Waals surface area contributed by atoms with Gasteiger partial charge in [-0.2, -0.15) is 0 Å². The van der Waals surface area contributed by atoms with Crippen LogP contribution >= 0.6 is 0 Å². The maximum absolute atomic E-state index is 12.2. The number of benzene rings is 2. The van der Waals surface area contributed by atoms with E-state index in [9.17, 15) is 14.4 Å². The molecule has 8 heteroatoms. The second-order valence-electron chi connectivity index (χ2n) is 5.82. The highest BCUT2D eigenvalue weighted by Crippen LogP contribution is 2.39. The van der Waals surface area contributed by atoms with Gasteiger partial charge in [-0.25, -0.2) is 0 Å². The van der Waals surface area contributed by atoms with Gasteiger partial charge in [0.2, 0.25) is 17.6 Å². The van der Waals surface area contributed by atoms with Gasteiger partial charge in [0.25, 0.3) is 0 Å². The van der Waals surface area contributed by atoms with E-state index in [1.54, 1.807) is 36.4 Å². The van der Waals surface area contributed by atoms with E-state index < -0.39 is 18.2 Å². The van der Waals surface area contributed by atoms with Crippen LogP contribution in [0.1, 0.15) is 23.7 Å². The molecule has 0 aliphatic carbocycles. The van der Waals surface area contributed by atoms with Gasteiger partial charge in [0.1, 0.15) is 6.42 Å². The first-order chi connectivity index (χ1) is 13.4. The highest BCUT2D eigenvalue weighted by atomic mass is 16.5. The maximum Gasteiger partial charge on any atom is 0.233 e. The van der Waals surface area contributed by atoms with E-state index in [2.05, 4.69) is 10.6 Å². The number of hydrogen-bond acceptors (Lipinski definition) is 6. The molecule has 2 N–H and O–H groups in total. The summed E-state index contributed by atoms with van der Waals surface area (Å²) in [5.41, 5.74) is 1.31. The summed E-state index contributed by atoms with van der Waals surface area (Å²) in [6, 6.07) is 9.62. The van der Waals surface area contributed by atoms with Gasteiger partial charge in [0, 0.05) is 29.1 Å². The number of rotatable bonds is 8. The van der Waals surface area contributed by atoms with Crippen molar-refractivity contribution in [1.29, 1.82) is 0 Å². The lowest BCUT2D eigenvalue weighted by Gasteiger charge is -2.14. The molecular formula is C20H22N2O6. The molecule has 0 aliphatic rings. The number of carbonyl (C=O) groups is 3. The lowest BCUT2D eigenvalue weighted by molar-refractivity contribution is -0.123. The molecule has 0 bridgehead atoms. The zero-order valence-corrected chi connectivity index (χ0v) is 16.1. The van der Waals surface area contributed by atoms with Crippen LogP contribution in [0.15, 0.2) is 36.4 Å². The lowest BCUT2D eigenvalue weighted by Crippen LogP contribution is -2.21. The topological polar surface area (TPSA) is 103 Å². The van der Waals surface area contributed by atoms with E-state index in [1.807, 2.05) is 0 Å². The third-order valence-corrected chi connectivity index (χ3v) is 3.82. The molecule has 0 unspecified atom stereocenters. The van der Waals surface area contributed by atoms with Crippen molar-refractivity contribution in [3.8, 4) is 17.2 Å². The van der Waals surface area contributed by atoms with Crippen LogP contribution < -0.4 is 24.8 Å². The number of Topliss-reactive ketones (excluding diaryl/α,β-unsaturated/α-hetero) is 1. The predicted molar refractivity (Wildman–Crippen MR) is 104 cm³/mol. The maximum atomic E-state index is 12.2. The second-order valence-corrected chi connectivity index (χ2v) is 5.82. The van der Waals surface area contributed by atoms with Crippen LogP contribution in [-0.2, 0) is 9.59 Å². The third kappa shape index (κ3) is 5.23. The quantitative estimate of drug-likeness (QED) is 0.534. The normalized spacial score (nSPS) is 10.0. The summed E-state index contributed by atoms with van der Waals surface area (Å²) in [7, 11) is 4.40. The highest BCUT2D eigenvalue weighted by Gasteiger charge is 2.16. The Bertz CT molecular complexity index is 869. The van der Waals surface area contributed by atoms with Gasteiger partial charge in [-0.15, -0.1) is 0 Å². The first-order valence-electron chi connectivity index (χ1n) is 8.38. The average molecular weight is 386 g/mol. The Hall–Kier alpha value is -3.55. The molecule has 8 nitrogen and oxygen atoms in total. The number of anilines is 2. The summed E-state index contributed by atoms with van der Waals surface area (Å²) in [4.78, 5) is 35.7. The Morgan fingerprint density at radius 2 is 1.39 bits per heavy atom. The Morgan fingerprint density at radius 3 is 1.89 bits per heavy atom. The van der Waals surface area contributed by atoms with Gasteiger partial charge in [0.15, 0.2) is 17.3 Å². The first-order valence-corrected chi connectivity index (χ1v) is 8.38. The molecule has 0 spiro atoms. The predicted octanol–water partition coefficient (Wildman–Crippen LogP) is 2.88. The van der Waals surface area contributed by atoms with Crippen molar-refractivity contribution >= 4 is 29.0 Å². The summed E-state index contributed by atoms with van der Waals surface area (Å²) in [5.74, 6) is 0.00720. The van der Waals surface area contributed by atoms with Gasteiger partial charge < -0.3 is 24.8 Å². The van der Waals surface area contributed by atoms with Crippen LogP contribution in [-0.4, -0.2) is 38.9 Å². The molecule has 2 rings (SSSR count). The molecule has 2 aromatic carbocycles. The van der Waals surface area contributed by atoms with Crippen molar-refractivity contribution in [2.45, 2.75) is 13.3 Å². The summed E-state index contributed by atoms with van der Waals surface area (Å²) < 4.78 is 15.7. The zero-order chi connectivity index (χ0) is 20.7. The van der Waals surface area contributed by atoms with Crippen LogP contribution in [0.4, 0.5) is 11.4 Å². The number of nitrogens with one attached hydrogen (secondary N) is 2.